The van der Waals surface area contributed by atoms with E-state index in [9.17, 15) is 18.8 Å². The highest BCUT2D eigenvalue weighted by Crippen LogP contribution is 2.21. The van der Waals surface area contributed by atoms with Crippen molar-refractivity contribution in [2.45, 2.75) is 20.0 Å². The zero-order valence-electron chi connectivity index (χ0n) is 13.0. The minimum atomic E-state index is -1.20. The molecule has 0 aliphatic rings. The molecule has 0 saturated heterocycles. The summed E-state index contributed by atoms with van der Waals surface area (Å²) in [6.07, 6.45) is 0. The number of hydrogen-bond donors (Lipinski definition) is 1. The first-order chi connectivity index (χ1) is 11.8. The van der Waals surface area contributed by atoms with Crippen LogP contribution in [0.25, 0.3) is 10.2 Å². The molecular weight excluding hydrogens is 415 g/mol. The number of aliphatic carboxylic acids is 1. The molecule has 2 aromatic heterocycles. The van der Waals surface area contributed by atoms with Gasteiger partial charge in [0.1, 0.15) is 17.2 Å². The van der Waals surface area contributed by atoms with E-state index in [4.69, 9.17) is 5.11 Å². The fraction of sp³-hybridized carbons (Fsp3) is 0.188. The Morgan fingerprint density at radius 2 is 2.04 bits per heavy atom. The van der Waals surface area contributed by atoms with E-state index in [1.165, 1.54) is 12.1 Å². The molecule has 0 fully saturated rings. The maximum Gasteiger partial charge on any atom is 0.332 e. The highest BCUT2D eigenvalue weighted by molar-refractivity contribution is 9.10. The lowest BCUT2D eigenvalue weighted by molar-refractivity contribution is -0.137. The molecule has 0 saturated carbocycles. The molecule has 0 radical (unpaired) electrons. The number of rotatable bonds is 4. The van der Waals surface area contributed by atoms with Gasteiger partial charge in [0.25, 0.3) is 5.56 Å². The van der Waals surface area contributed by atoms with Gasteiger partial charge in [0.15, 0.2) is 0 Å². The van der Waals surface area contributed by atoms with Gasteiger partial charge in [0.2, 0.25) is 0 Å². The lowest BCUT2D eigenvalue weighted by Crippen LogP contribution is -2.41. The van der Waals surface area contributed by atoms with Crippen molar-refractivity contribution < 1.29 is 14.3 Å². The van der Waals surface area contributed by atoms with Gasteiger partial charge in [-0.1, -0.05) is 22.0 Å². The van der Waals surface area contributed by atoms with Gasteiger partial charge in [0, 0.05) is 10.0 Å². The van der Waals surface area contributed by atoms with Crippen LogP contribution in [0.4, 0.5) is 4.39 Å². The van der Waals surface area contributed by atoms with Gasteiger partial charge < -0.3 is 5.11 Å². The molecule has 2 heterocycles. The number of halogens is 2. The Bertz CT molecular complexity index is 1120. The van der Waals surface area contributed by atoms with E-state index < -0.39 is 29.6 Å². The van der Waals surface area contributed by atoms with E-state index >= 15 is 0 Å². The second-order valence-corrected chi connectivity index (χ2v) is 7.26. The van der Waals surface area contributed by atoms with E-state index in [2.05, 4.69) is 15.9 Å². The van der Waals surface area contributed by atoms with Gasteiger partial charge in [-0.25, -0.2) is 9.18 Å². The molecule has 0 atom stereocenters. The third-order valence-electron chi connectivity index (χ3n) is 3.76. The molecular formula is C16H12BrFN2O4S. The smallest absolute Gasteiger partial charge is 0.332 e. The third kappa shape index (κ3) is 3.16. The summed E-state index contributed by atoms with van der Waals surface area (Å²) in [7, 11) is 0. The molecule has 0 bridgehead atoms. The fourth-order valence-electron chi connectivity index (χ4n) is 2.58. The van der Waals surface area contributed by atoms with Crippen LogP contribution in [-0.2, 0) is 17.9 Å². The number of fused-ring (bicyclic) bond motifs is 1. The average Bonchev–Trinajstić information content (AvgIpc) is 2.91. The van der Waals surface area contributed by atoms with Gasteiger partial charge in [-0.2, -0.15) is 0 Å². The van der Waals surface area contributed by atoms with Crippen LogP contribution >= 0.6 is 27.3 Å². The number of carboxylic acids is 1. The number of benzene rings is 1. The zero-order valence-corrected chi connectivity index (χ0v) is 15.4. The number of hydrogen-bond acceptors (Lipinski definition) is 4. The van der Waals surface area contributed by atoms with Crippen LogP contribution in [0.3, 0.4) is 0 Å². The fourth-order valence-corrected chi connectivity index (χ4v) is 3.95. The van der Waals surface area contributed by atoms with Crippen molar-refractivity contribution in [1.29, 1.82) is 0 Å². The number of nitrogens with zero attached hydrogens (tertiary/aromatic N) is 2. The Kier molecular flexibility index (Phi) is 4.61. The molecule has 0 spiro atoms. The van der Waals surface area contributed by atoms with Crippen LogP contribution in [0, 0.1) is 12.7 Å². The summed E-state index contributed by atoms with van der Waals surface area (Å²) in [5.41, 5.74) is -0.516. The minimum absolute atomic E-state index is 0.163. The van der Waals surface area contributed by atoms with E-state index in [1.807, 2.05) is 0 Å². The first-order valence-electron chi connectivity index (χ1n) is 7.16. The number of carbonyl (C=O) groups is 1. The lowest BCUT2D eigenvalue weighted by Gasteiger charge is -2.11. The van der Waals surface area contributed by atoms with Crippen LogP contribution in [0.5, 0.6) is 0 Å². The Labute approximate surface area is 152 Å². The van der Waals surface area contributed by atoms with Gasteiger partial charge in [-0.05, 0) is 30.0 Å². The molecule has 3 rings (SSSR count). The van der Waals surface area contributed by atoms with Crippen molar-refractivity contribution in [3.8, 4) is 0 Å². The normalized spacial score (nSPS) is 11.2. The SMILES string of the molecule is Cc1csc2c1c(=O)n(Cc1ccc(Br)cc1F)c(=O)n2CC(=O)O. The van der Waals surface area contributed by atoms with E-state index in [-0.39, 0.29) is 17.5 Å². The molecule has 130 valence electrons. The molecule has 1 N–H and O–H groups in total. The van der Waals surface area contributed by atoms with Crippen molar-refractivity contribution >= 4 is 43.5 Å². The Hall–Kier alpha value is -2.26. The first-order valence-corrected chi connectivity index (χ1v) is 8.84. The van der Waals surface area contributed by atoms with Gasteiger partial charge in [-0.15, -0.1) is 11.3 Å². The molecule has 25 heavy (non-hydrogen) atoms. The monoisotopic (exact) mass is 426 g/mol. The molecule has 1 aromatic carbocycles. The van der Waals surface area contributed by atoms with Crippen molar-refractivity contribution in [2.75, 3.05) is 0 Å². The largest absolute Gasteiger partial charge is 0.480 e. The second kappa shape index (κ2) is 6.57. The summed E-state index contributed by atoms with van der Waals surface area (Å²) >= 11 is 4.29. The summed E-state index contributed by atoms with van der Waals surface area (Å²) in [4.78, 5) is 36.8. The Balaban J connectivity index is 2.27. The van der Waals surface area contributed by atoms with Crippen molar-refractivity contribution in [3.05, 3.63) is 65.8 Å². The van der Waals surface area contributed by atoms with E-state index in [0.717, 1.165) is 20.5 Å². The third-order valence-corrected chi connectivity index (χ3v) is 5.37. The standard InChI is InChI=1S/C16H12BrFN2O4S/c1-8-7-25-15-13(8)14(23)19(16(24)20(15)6-12(21)22)5-9-2-3-10(17)4-11(9)18/h2-4,7H,5-6H2,1H3,(H,21,22). The molecule has 0 unspecified atom stereocenters. The van der Waals surface area contributed by atoms with Crippen molar-refractivity contribution in [1.82, 2.24) is 9.13 Å². The Morgan fingerprint density at radius 1 is 1.32 bits per heavy atom. The number of aryl methyl sites for hydroxylation is 1. The molecule has 0 amide bonds. The highest BCUT2D eigenvalue weighted by Gasteiger charge is 2.19. The molecule has 0 aliphatic heterocycles. The molecule has 3 aromatic rings. The van der Waals surface area contributed by atoms with Gasteiger partial charge in [-0.3, -0.25) is 18.7 Å². The van der Waals surface area contributed by atoms with Gasteiger partial charge >= 0.3 is 11.7 Å². The van der Waals surface area contributed by atoms with E-state index in [1.54, 1.807) is 18.4 Å². The first kappa shape index (κ1) is 17.6. The van der Waals surface area contributed by atoms with Crippen LogP contribution in [0.1, 0.15) is 11.1 Å². The maximum atomic E-state index is 14.1. The summed E-state index contributed by atoms with van der Waals surface area (Å²) < 4.78 is 16.5. The quantitative estimate of drug-likeness (QED) is 0.694. The minimum Gasteiger partial charge on any atom is -0.480 e. The van der Waals surface area contributed by atoms with Gasteiger partial charge in [0.05, 0.1) is 11.9 Å². The van der Waals surface area contributed by atoms with Crippen LogP contribution in [0.2, 0.25) is 0 Å². The number of thiophene rings is 1. The number of aromatic nitrogens is 2. The topological polar surface area (TPSA) is 81.3 Å². The molecule has 6 nitrogen and oxygen atoms in total. The summed E-state index contributed by atoms with van der Waals surface area (Å²) in [5, 5.41) is 11.0. The van der Waals surface area contributed by atoms with Crippen LogP contribution in [-0.4, -0.2) is 20.2 Å². The summed E-state index contributed by atoms with van der Waals surface area (Å²) in [5.74, 6) is -1.76. The van der Waals surface area contributed by atoms with Crippen molar-refractivity contribution in [2.24, 2.45) is 0 Å². The number of carboxylic acid groups (broad SMARTS) is 1. The molecule has 0 aliphatic carbocycles. The second-order valence-electron chi connectivity index (χ2n) is 5.49. The Morgan fingerprint density at radius 3 is 2.68 bits per heavy atom. The maximum absolute atomic E-state index is 14.1. The highest BCUT2D eigenvalue weighted by atomic mass is 79.9. The predicted molar refractivity (Wildman–Crippen MR) is 95.9 cm³/mol. The van der Waals surface area contributed by atoms with E-state index in [0.29, 0.717) is 14.9 Å². The summed E-state index contributed by atoms with van der Waals surface area (Å²) in [6.45, 7) is 0.861. The molecule has 9 heteroatoms. The average molecular weight is 427 g/mol. The van der Waals surface area contributed by atoms with Crippen LogP contribution in [0.15, 0.2) is 37.6 Å². The van der Waals surface area contributed by atoms with Crippen LogP contribution < -0.4 is 11.2 Å². The predicted octanol–water partition coefficient (Wildman–Crippen LogP) is 2.57. The zero-order chi connectivity index (χ0) is 18.3. The summed E-state index contributed by atoms with van der Waals surface area (Å²) in [6, 6.07) is 4.32. The van der Waals surface area contributed by atoms with Crippen molar-refractivity contribution in [3.63, 3.8) is 0 Å². The lowest BCUT2D eigenvalue weighted by atomic mass is 10.2.